The summed E-state index contributed by atoms with van der Waals surface area (Å²) >= 11 is 1.16. The molecule has 10 heteroatoms. The van der Waals surface area contributed by atoms with Gasteiger partial charge in [-0.3, -0.25) is 9.59 Å². The lowest BCUT2D eigenvalue weighted by Gasteiger charge is -2.17. The van der Waals surface area contributed by atoms with Crippen molar-refractivity contribution in [3.05, 3.63) is 53.9 Å². The Hall–Kier alpha value is -3.53. The Labute approximate surface area is 186 Å². The largest absolute Gasteiger partial charge is 0.497 e. The molecule has 0 aliphatic carbocycles. The number of aromatic nitrogens is 1. The normalized spacial score (nSPS) is 15.8. The number of hydrogen-bond acceptors (Lipinski definition) is 6. The minimum atomic E-state index is -2.96. The van der Waals surface area contributed by atoms with Crippen molar-refractivity contribution in [1.29, 1.82) is 0 Å². The maximum Gasteiger partial charge on any atom is 0.387 e. The molecule has 166 valence electrons. The molecule has 1 saturated heterocycles. The molecule has 2 heterocycles. The minimum Gasteiger partial charge on any atom is -0.497 e. The number of ether oxygens (including phenoxy) is 2. The van der Waals surface area contributed by atoms with Crippen LogP contribution in [-0.2, 0) is 9.59 Å². The summed E-state index contributed by atoms with van der Waals surface area (Å²) in [6, 6.07) is 13.4. The molecule has 1 aliphatic heterocycles. The fraction of sp³-hybridized carbons (Fsp3) is 0.227. The number of hydrogen-bond donors (Lipinski definition) is 1. The molecular formula is C22H19F2N3O4S. The fourth-order valence-corrected chi connectivity index (χ4v) is 4.16. The Morgan fingerprint density at radius 1 is 1.25 bits per heavy atom. The predicted molar refractivity (Wildman–Crippen MR) is 116 cm³/mol. The molecule has 0 radical (unpaired) electrons. The smallest absolute Gasteiger partial charge is 0.387 e. The Morgan fingerprint density at radius 2 is 2.06 bits per heavy atom. The van der Waals surface area contributed by atoms with Crippen LogP contribution < -0.4 is 19.7 Å². The van der Waals surface area contributed by atoms with E-state index in [1.54, 1.807) is 59.9 Å². The van der Waals surface area contributed by atoms with Gasteiger partial charge in [0.1, 0.15) is 11.5 Å². The van der Waals surface area contributed by atoms with Crippen LogP contribution in [0.2, 0.25) is 0 Å². The number of para-hydroxylation sites is 1. The molecule has 7 nitrogen and oxygen atoms in total. The molecule has 1 aliphatic rings. The maximum absolute atomic E-state index is 12.7. The maximum atomic E-state index is 12.7. The van der Waals surface area contributed by atoms with Gasteiger partial charge in [-0.25, -0.2) is 4.98 Å². The van der Waals surface area contributed by atoms with Gasteiger partial charge >= 0.3 is 6.61 Å². The number of nitrogens with one attached hydrogen (secondary N) is 1. The van der Waals surface area contributed by atoms with E-state index in [9.17, 15) is 18.4 Å². The molecule has 1 fully saturated rings. The molecule has 1 N–H and O–H groups in total. The van der Waals surface area contributed by atoms with Gasteiger partial charge in [0.2, 0.25) is 11.8 Å². The van der Waals surface area contributed by atoms with E-state index in [2.05, 4.69) is 15.0 Å². The number of carbonyl (C=O) groups is 2. The molecule has 0 spiro atoms. The molecule has 1 aromatic heterocycles. The second kappa shape index (κ2) is 9.31. The van der Waals surface area contributed by atoms with Gasteiger partial charge in [-0.15, -0.1) is 11.3 Å². The number of nitrogens with zero attached hydrogens (tertiary/aromatic N) is 2. The van der Waals surface area contributed by atoms with Crippen LogP contribution in [0.25, 0.3) is 11.3 Å². The van der Waals surface area contributed by atoms with Crippen molar-refractivity contribution in [3.63, 3.8) is 0 Å². The number of benzene rings is 2. The van der Waals surface area contributed by atoms with Crippen LogP contribution >= 0.6 is 11.3 Å². The van der Waals surface area contributed by atoms with Crippen molar-refractivity contribution < 1.29 is 27.8 Å². The quantitative estimate of drug-likeness (QED) is 0.566. The first kappa shape index (κ1) is 21.7. The fourth-order valence-electron chi connectivity index (χ4n) is 3.45. The van der Waals surface area contributed by atoms with E-state index in [0.29, 0.717) is 27.8 Å². The van der Waals surface area contributed by atoms with Gasteiger partial charge in [-0.1, -0.05) is 18.2 Å². The van der Waals surface area contributed by atoms with Gasteiger partial charge in [0.25, 0.3) is 0 Å². The highest BCUT2D eigenvalue weighted by Crippen LogP contribution is 2.34. The number of methoxy groups -OCH3 is 1. The van der Waals surface area contributed by atoms with Gasteiger partial charge in [-0.2, -0.15) is 8.78 Å². The standard InChI is InChI=1S/C22H19F2N3O4S/c1-30-15-6-4-5-14(10-15)27-11-13(9-19(27)28)20(29)26-22-25-17(12-32-22)16-7-2-3-8-18(16)31-21(23)24/h2-8,10,12-13,21H,9,11H2,1H3,(H,25,26,29). The van der Waals surface area contributed by atoms with E-state index < -0.39 is 12.5 Å². The van der Waals surface area contributed by atoms with Gasteiger partial charge in [0.05, 0.1) is 18.7 Å². The molecule has 2 aromatic carbocycles. The molecule has 3 aromatic rings. The van der Waals surface area contributed by atoms with E-state index >= 15 is 0 Å². The third kappa shape index (κ3) is 4.70. The van der Waals surface area contributed by atoms with Crippen LogP contribution in [-0.4, -0.2) is 37.1 Å². The molecular weight excluding hydrogens is 440 g/mol. The number of alkyl halides is 2. The number of anilines is 2. The summed E-state index contributed by atoms with van der Waals surface area (Å²) in [5.74, 6) is -0.413. The third-order valence-electron chi connectivity index (χ3n) is 4.97. The zero-order valence-electron chi connectivity index (χ0n) is 17.0. The van der Waals surface area contributed by atoms with Crippen LogP contribution in [0.3, 0.4) is 0 Å². The third-order valence-corrected chi connectivity index (χ3v) is 5.73. The topological polar surface area (TPSA) is 80.8 Å². The summed E-state index contributed by atoms with van der Waals surface area (Å²) in [6.07, 6.45) is 0.0757. The van der Waals surface area contributed by atoms with Crippen LogP contribution in [0.5, 0.6) is 11.5 Å². The summed E-state index contributed by atoms with van der Waals surface area (Å²) in [7, 11) is 1.54. The second-order valence-electron chi connectivity index (χ2n) is 7.01. The molecule has 2 amide bonds. The first-order chi connectivity index (χ1) is 15.4. The highest BCUT2D eigenvalue weighted by atomic mass is 32.1. The second-order valence-corrected chi connectivity index (χ2v) is 7.87. The Bertz CT molecular complexity index is 1140. The Kier molecular flexibility index (Phi) is 6.31. The number of thiazole rings is 1. The lowest BCUT2D eigenvalue weighted by molar-refractivity contribution is -0.122. The zero-order valence-corrected chi connectivity index (χ0v) is 17.8. The summed E-state index contributed by atoms with van der Waals surface area (Å²) < 4.78 is 35.1. The Balaban J connectivity index is 1.44. The van der Waals surface area contributed by atoms with Crippen LogP contribution in [0.15, 0.2) is 53.9 Å². The van der Waals surface area contributed by atoms with Crippen molar-refractivity contribution in [2.75, 3.05) is 23.9 Å². The van der Waals surface area contributed by atoms with Crippen LogP contribution in [0.4, 0.5) is 19.6 Å². The molecule has 0 saturated carbocycles. The summed E-state index contributed by atoms with van der Waals surface area (Å²) in [4.78, 5) is 31.1. The molecule has 1 atom stereocenters. The summed E-state index contributed by atoms with van der Waals surface area (Å²) in [5, 5.41) is 4.68. The lowest BCUT2D eigenvalue weighted by Crippen LogP contribution is -2.28. The molecule has 1 unspecified atom stereocenters. The van der Waals surface area contributed by atoms with E-state index in [-0.39, 0.29) is 30.5 Å². The van der Waals surface area contributed by atoms with Crippen molar-refractivity contribution in [1.82, 2.24) is 4.98 Å². The summed E-state index contributed by atoms with van der Waals surface area (Å²) in [6.45, 7) is -2.72. The van der Waals surface area contributed by atoms with E-state index in [1.165, 1.54) is 6.07 Å². The number of halogens is 2. The van der Waals surface area contributed by atoms with Crippen molar-refractivity contribution in [2.45, 2.75) is 13.0 Å². The van der Waals surface area contributed by atoms with Crippen molar-refractivity contribution >= 4 is 34.0 Å². The van der Waals surface area contributed by atoms with Gasteiger partial charge in [-0.05, 0) is 24.3 Å². The first-order valence-corrected chi connectivity index (χ1v) is 10.6. The zero-order chi connectivity index (χ0) is 22.7. The average Bonchev–Trinajstić information content (AvgIpc) is 3.40. The lowest BCUT2D eigenvalue weighted by atomic mass is 10.1. The van der Waals surface area contributed by atoms with Crippen molar-refractivity contribution in [3.8, 4) is 22.8 Å². The first-order valence-electron chi connectivity index (χ1n) is 9.69. The van der Waals surface area contributed by atoms with Gasteiger partial charge in [0.15, 0.2) is 5.13 Å². The minimum absolute atomic E-state index is 0.000923. The van der Waals surface area contributed by atoms with Gasteiger partial charge < -0.3 is 19.7 Å². The molecule has 32 heavy (non-hydrogen) atoms. The highest BCUT2D eigenvalue weighted by Gasteiger charge is 2.35. The SMILES string of the molecule is COc1cccc(N2CC(C(=O)Nc3nc(-c4ccccc4OC(F)F)cs3)CC2=O)c1. The molecule has 0 bridgehead atoms. The van der Waals surface area contributed by atoms with E-state index in [4.69, 9.17) is 4.74 Å². The van der Waals surface area contributed by atoms with Crippen LogP contribution in [0, 0.1) is 5.92 Å². The monoisotopic (exact) mass is 459 g/mol. The predicted octanol–water partition coefficient (Wildman–Crippen LogP) is 4.41. The van der Waals surface area contributed by atoms with E-state index in [1.807, 2.05) is 0 Å². The van der Waals surface area contributed by atoms with Gasteiger partial charge in [0, 0.05) is 35.7 Å². The number of amides is 2. The average molecular weight is 459 g/mol. The van der Waals surface area contributed by atoms with E-state index in [0.717, 1.165) is 11.3 Å². The number of carbonyl (C=O) groups excluding carboxylic acids is 2. The molecule has 4 rings (SSSR count). The Morgan fingerprint density at radius 3 is 2.84 bits per heavy atom. The van der Waals surface area contributed by atoms with Crippen molar-refractivity contribution in [2.24, 2.45) is 5.92 Å². The number of rotatable bonds is 7. The summed E-state index contributed by atoms with van der Waals surface area (Å²) in [5.41, 5.74) is 1.46. The highest BCUT2D eigenvalue weighted by molar-refractivity contribution is 7.14. The van der Waals surface area contributed by atoms with Crippen LogP contribution in [0.1, 0.15) is 6.42 Å².